The molecule has 32 heavy (non-hydrogen) atoms. The minimum Gasteiger partial charge on any atom is -0.310 e. The van der Waals surface area contributed by atoms with E-state index in [2.05, 4.69) is 109 Å². The summed E-state index contributed by atoms with van der Waals surface area (Å²) in [6, 6.07) is 24.0. The van der Waals surface area contributed by atoms with Gasteiger partial charge in [-0.05, 0) is 63.4 Å². The number of rotatable bonds is 1. The van der Waals surface area contributed by atoms with E-state index in [1.807, 2.05) is 18.2 Å². The molecule has 3 aromatic rings. The highest BCUT2D eigenvalue weighted by Crippen LogP contribution is 2.53. The Kier molecular flexibility index (Phi) is 5.01. The molecule has 1 aliphatic rings. The van der Waals surface area contributed by atoms with Gasteiger partial charge in [-0.1, -0.05) is 85.7 Å². The SMILES string of the molecule is CC(C)(C)c1ccc2c(c1)C(C)(C)c1cc(C(C)(C)C)ccc1N2c1cccc(C#N)c1. The first kappa shape index (κ1) is 22.2. The van der Waals surface area contributed by atoms with Crippen molar-refractivity contribution in [3.63, 3.8) is 0 Å². The molecule has 1 aliphatic heterocycles. The van der Waals surface area contributed by atoms with E-state index in [1.165, 1.54) is 33.6 Å². The molecule has 0 aromatic heterocycles. The minimum absolute atomic E-state index is 0.0736. The maximum Gasteiger partial charge on any atom is 0.0992 e. The van der Waals surface area contributed by atoms with Gasteiger partial charge in [-0.2, -0.15) is 5.26 Å². The summed E-state index contributed by atoms with van der Waals surface area (Å²) in [5, 5.41) is 9.52. The second kappa shape index (κ2) is 7.24. The lowest BCUT2D eigenvalue weighted by molar-refractivity contribution is 0.573. The molecule has 2 nitrogen and oxygen atoms in total. The van der Waals surface area contributed by atoms with Crippen LogP contribution in [0.3, 0.4) is 0 Å². The van der Waals surface area contributed by atoms with Crippen LogP contribution in [0.5, 0.6) is 0 Å². The first-order chi connectivity index (χ1) is 14.8. The average molecular weight is 423 g/mol. The van der Waals surface area contributed by atoms with Crippen LogP contribution < -0.4 is 4.90 Å². The number of hydrogen-bond acceptors (Lipinski definition) is 2. The molecular formula is C30H34N2. The Bertz CT molecular complexity index is 1160. The molecule has 0 spiro atoms. The van der Waals surface area contributed by atoms with Gasteiger partial charge in [0.05, 0.1) is 23.0 Å². The van der Waals surface area contributed by atoms with Crippen molar-refractivity contribution in [2.45, 2.75) is 71.6 Å². The fourth-order valence-electron chi connectivity index (χ4n) is 4.66. The van der Waals surface area contributed by atoms with Crippen molar-refractivity contribution in [2.75, 3.05) is 4.90 Å². The maximum absolute atomic E-state index is 9.52. The molecule has 0 amide bonds. The largest absolute Gasteiger partial charge is 0.310 e. The third-order valence-electron chi connectivity index (χ3n) is 6.79. The topological polar surface area (TPSA) is 27.0 Å². The van der Waals surface area contributed by atoms with E-state index in [0.717, 1.165) is 5.69 Å². The van der Waals surface area contributed by atoms with Crippen LogP contribution in [0.15, 0.2) is 60.7 Å². The van der Waals surface area contributed by atoms with Crippen molar-refractivity contribution in [1.29, 1.82) is 5.26 Å². The molecular weight excluding hydrogens is 388 g/mol. The number of nitrogens with zero attached hydrogens (tertiary/aromatic N) is 2. The van der Waals surface area contributed by atoms with Crippen LogP contribution >= 0.6 is 0 Å². The van der Waals surface area contributed by atoms with Gasteiger partial charge in [0.15, 0.2) is 0 Å². The van der Waals surface area contributed by atoms with Crippen molar-refractivity contribution in [3.8, 4) is 6.07 Å². The van der Waals surface area contributed by atoms with E-state index >= 15 is 0 Å². The number of fused-ring (bicyclic) bond motifs is 2. The summed E-state index contributed by atoms with van der Waals surface area (Å²) in [7, 11) is 0. The zero-order valence-electron chi connectivity index (χ0n) is 20.7. The normalized spacial score (nSPS) is 15.0. The molecule has 0 saturated carbocycles. The van der Waals surface area contributed by atoms with E-state index in [4.69, 9.17) is 0 Å². The summed E-state index contributed by atoms with van der Waals surface area (Å²) in [4.78, 5) is 2.33. The van der Waals surface area contributed by atoms with E-state index < -0.39 is 0 Å². The summed E-state index contributed by atoms with van der Waals surface area (Å²) in [6.07, 6.45) is 0. The summed E-state index contributed by atoms with van der Waals surface area (Å²) in [6.45, 7) is 18.3. The predicted molar refractivity (Wildman–Crippen MR) is 135 cm³/mol. The van der Waals surface area contributed by atoms with Crippen LogP contribution in [0.1, 0.15) is 83.2 Å². The summed E-state index contributed by atoms with van der Waals surface area (Å²) in [5.41, 5.74) is 9.41. The van der Waals surface area contributed by atoms with Gasteiger partial charge in [0.1, 0.15) is 0 Å². The fraction of sp³-hybridized carbons (Fsp3) is 0.367. The highest BCUT2D eigenvalue weighted by Gasteiger charge is 2.38. The van der Waals surface area contributed by atoms with Crippen LogP contribution in [0.2, 0.25) is 0 Å². The zero-order valence-corrected chi connectivity index (χ0v) is 20.7. The van der Waals surface area contributed by atoms with Gasteiger partial charge >= 0.3 is 0 Å². The molecule has 1 heterocycles. The molecule has 0 fully saturated rings. The molecule has 164 valence electrons. The van der Waals surface area contributed by atoms with Crippen molar-refractivity contribution >= 4 is 17.1 Å². The summed E-state index contributed by atoms with van der Waals surface area (Å²) < 4.78 is 0. The van der Waals surface area contributed by atoms with Crippen LogP contribution in [0.25, 0.3) is 0 Å². The number of nitriles is 1. The number of hydrogen-bond donors (Lipinski definition) is 0. The van der Waals surface area contributed by atoms with Gasteiger partial charge < -0.3 is 4.90 Å². The third-order valence-corrected chi connectivity index (χ3v) is 6.79. The van der Waals surface area contributed by atoms with Crippen LogP contribution in [-0.2, 0) is 16.2 Å². The van der Waals surface area contributed by atoms with Crippen molar-refractivity contribution in [1.82, 2.24) is 0 Å². The van der Waals surface area contributed by atoms with E-state index in [9.17, 15) is 5.26 Å². The molecule has 0 unspecified atom stereocenters. The molecule has 0 bridgehead atoms. The van der Waals surface area contributed by atoms with Gasteiger partial charge in [-0.25, -0.2) is 0 Å². The van der Waals surface area contributed by atoms with Crippen LogP contribution in [0.4, 0.5) is 17.1 Å². The average Bonchev–Trinajstić information content (AvgIpc) is 2.72. The first-order valence-electron chi connectivity index (χ1n) is 11.4. The molecule has 0 saturated heterocycles. The third kappa shape index (κ3) is 3.61. The lowest BCUT2D eigenvalue weighted by Crippen LogP contribution is -2.32. The second-order valence-corrected chi connectivity index (χ2v) is 11.6. The van der Waals surface area contributed by atoms with Crippen molar-refractivity contribution in [3.05, 3.63) is 88.5 Å². The van der Waals surface area contributed by atoms with Gasteiger partial charge in [-0.15, -0.1) is 0 Å². The molecule has 3 aromatic carbocycles. The Morgan fingerprint density at radius 1 is 0.719 bits per heavy atom. The van der Waals surface area contributed by atoms with Crippen molar-refractivity contribution in [2.24, 2.45) is 0 Å². The predicted octanol–water partition coefficient (Wildman–Crippen LogP) is 8.26. The van der Waals surface area contributed by atoms with Crippen molar-refractivity contribution < 1.29 is 0 Å². The molecule has 2 heteroatoms. The van der Waals surface area contributed by atoms with Crippen LogP contribution in [0, 0.1) is 11.3 Å². The Labute approximate surface area is 193 Å². The van der Waals surface area contributed by atoms with E-state index in [1.54, 1.807) is 0 Å². The highest BCUT2D eigenvalue weighted by atomic mass is 15.2. The standard InChI is InChI=1S/C30H34N2/c1-28(2,3)21-12-14-26-24(17-21)30(7,8)25-18-22(29(4,5)6)13-15-27(25)32(26)23-11-9-10-20(16-23)19-31/h9-18H,1-8H3. The van der Waals surface area contributed by atoms with Gasteiger partial charge in [0.2, 0.25) is 0 Å². The number of anilines is 3. The molecule has 4 rings (SSSR count). The molecule has 0 N–H and O–H groups in total. The highest BCUT2D eigenvalue weighted by molar-refractivity contribution is 5.86. The lowest BCUT2D eigenvalue weighted by atomic mass is 9.70. The first-order valence-corrected chi connectivity index (χ1v) is 11.4. The Balaban J connectivity index is 2.05. The Morgan fingerprint density at radius 2 is 1.22 bits per heavy atom. The van der Waals surface area contributed by atoms with Gasteiger partial charge in [0.25, 0.3) is 0 Å². The smallest absolute Gasteiger partial charge is 0.0992 e. The summed E-state index contributed by atoms with van der Waals surface area (Å²) >= 11 is 0. The minimum atomic E-state index is -0.142. The van der Waals surface area contributed by atoms with E-state index in [-0.39, 0.29) is 16.2 Å². The molecule has 0 atom stereocenters. The monoisotopic (exact) mass is 422 g/mol. The zero-order chi connectivity index (χ0) is 23.5. The van der Waals surface area contributed by atoms with Crippen LogP contribution in [-0.4, -0.2) is 0 Å². The Hall–Kier alpha value is -3.05. The molecule has 0 radical (unpaired) electrons. The van der Waals surface area contributed by atoms with Gasteiger partial charge in [0, 0.05) is 11.1 Å². The second-order valence-electron chi connectivity index (χ2n) is 11.6. The molecule has 0 aliphatic carbocycles. The Morgan fingerprint density at radius 3 is 1.66 bits per heavy atom. The fourth-order valence-corrected chi connectivity index (χ4v) is 4.66. The summed E-state index contributed by atoms with van der Waals surface area (Å²) in [5.74, 6) is 0. The number of benzene rings is 3. The lowest BCUT2D eigenvalue weighted by Gasteiger charge is -2.43. The maximum atomic E-state index is 9.52. The van der Waals surface area contributed by atoms with E-state index in [0.29, 0.717) is 5.56 Å². The quantitative estimate of drug-likeness (QED) is 0.394. The van der Waals surface area contributed by atoms with Gasteiger partial charge in [-0.3, -0.25) is 0 Å².